The molecule has 0 bridgehead atoms. The quantitative estimate of drug-likeness (QED) is 0.719. The van der Waals surface area contributed by atoms with Crippen molar-refractivity contribution in [1.29, 1.82) is 0 Å². The van der Waals surface area contributed by atoms with Crippen molar-refractivity contribution in [3.63, 3.8) is 0 Å². The minimum atomic E-state index is -0.546. The van der Waals surface area contributed by atoms with Crippen molar-refractivity contribution in [3.8, 4) is 0 Å². The summed E-state index contributed by atoms with van der Waals surface area (Å²) >= 11 is 0. The molecule has 0 spiro atoms. The highest BCUT2D eigenvalue weighted by Gasteiger charge is 2.39. The lowest BCUT2D eigenvalue weighted by Crippen LogP contribution is -2.58. The Morgan fingerprint density at radius 2 is 1.95 bits per heavy atom. The SMILES string of the molecule is CN(CCCNC(=O)C1(N)CCC1)C1CCCCC1. The van der Waals surface area contributed by atoms with Crippen LogP contribution in [-0.2, 0) is 4.79 Å². The number of carbonyl (C=O) groups is 1. The molecule has 0 aromatic carbocycles. The average molecular weight is 267 g/mol. The Morgan fingerprint density at radius 1 is 1.26 bits per heavy atom. The molecule has 4 heteroatoms. The van der Waals surface area contributed by atoms with Crippen molar-refractivity contribution < 1.29 is 4.79 Å². The molecule has 0 aliphatic heterocycles. The summed E-state index contributed by atoms with van der Waals surface area (Å²) in [6.45, 7) is 1.83. The fourth-order valence-electron chi connectivity index (χ4n) is 3.20. The number of amides is 1. The summed E-state index contributed by atoms with van der Waals surface area (Å²) in [4.78, 5) is 14.3. The minimum absolute atomic E-state index is 0.0547. The molecule has 1 amide bonds. The number of carbonyl (C=O) groups excluding carboxylic acids is 1. The lowest BCUT2D eigenvalue weighted by molar-refractivity contribution is -0.129. The molecule has 0 atom stereocenters. The van der Waals surface area contributed by atoms with Crippen LogP contribution in [0.4, 0.5) is 0 Å². The molecule has 19 heavy (non-hydrogen) atoms. The lowest BCUT2D eigenvalue weighted by Gasteiger charge is -2.36. The first-order chi connectivity index (χ1) is 9.12. The molecule has 2 aliphatic rings. The maximum absolute atomic E-state index is 11.8. The van der Waals surface area contributed by atoms with Gasteiger partial charge in [-0.3, -0.25) is 4.79 Å². The van der Waals surface area contributed by atoms with Gasteiger partial charge in [0.2, 0.25) is 5.91 Å². The van der Waals surface area contributed by atoms with E-state index in [1.165, 1.54) is 32.1 Å². The van der Waals surface area contributed by atoms with Crippen LogP contribution >= 0.6 is 0 Å². The Bertz CT molecular complexity index is 296. The summed E-state index contributed by atoms with van der Waals surface area (Å²) in [6, 6.07) is 0.761. The van der Waals surface area contributed by atoms with Gasteiger partial charge in [0.15, 0.2) is 0 Å². The van der Waals surface area contributed by atoms with E-state index in [4.69, 9.17) is 5.73 Å². The fraction of sp³-hybridized carbons (Fsp3) is 0.933. The van der Waals surface area contributed by atoms with Gasteiger partial charge in [-0.15, -0.1) is 0 Å². The van der Waals surface area contributed by atoms with Crippen LogP contribution in [0.15, 0.2) is 0 Å². The van der Waals surface area contributed by atoms with E-state index < -0.39 is 5.54 Å². The van der Waals surface area contributed by atoms with Crippen LogP contribution in [0.2, 0.25) is 0 Å². The van der Waals surface area contributed by atoms with Gasteiger partial charge in [-0.1, -0.05) is 19.3 Å². The predicted octanol–water partition coefficient (Wildman–Crippen LogP) is 1.64. The summed E-state index contributed by atoms with van der Waals surface area (Å²) in [5.41, 5.74) is 5.44. The first-order valence-electron chi connectivity index (χ1n) is 7.89. The van der Waals surface area contributed by atoms with Crippen LogP contribution in [0, 0.1) is 0 Å². The second kappa shape index (κ2) is 6.71. The van der Waals surface area contributed by atoms with Gasteiger partial charge in [0.1, 0.15) is 0 Å². The Hall–Kier alpha value is -0.610. The van der Waals surface area contributed by atoms with E-state index in [1.54, 1.807) is 0 Å². The number of hydrogen-bond donors (Lipinski definition) is 2. The summed E-state index contributed by atoms with van der Waals surface area (Å²) in [6.07, 6.45) is 10.6. The third kappa shape index (κ3) is 3.93. The van der Waals surface area contributed by atoms with Gasteiger partial charge in [-0.2, -0.15) is 0 Å². The average Bonchev–Trinajstić information content (AvgIpc) is 2.41. The summed E-state index contributed by atoms with van der Waals surface area (Å²) in [5.74, 6) is 0.0547. The van der Waals surface area contributed by atoms with Gasteiger partial charge in [0, 0.05) is 12.6 Å². The van der Waals surface area contributed by atoms with Crippen LogP contribution in [0.1, 0.15) is 57.8 Å². The van der Waals surface area contributed by atoms with Crippen molar-refractivity contribution >= 4 is 5.91 Å². The zero-order valence-corrected chi connectivity index (χ0v) is 12.3. The molecule has 2 rings (SSSR count). The zero-order valence-electron chi connectivity index (χ0n) is 12.3. The third-order valence-corrected chi connectivity index (χ3v) is 4.87. The first kappa shape index (κ1) is 14.8. The van der Waals surface area contributed by atoms with E-state index in [0.717, 1.165) is 44.8 Å². The van der Waals surface area contributed by atoms with Crippen LogP contribution in [0.3, 0.4) is 0 Å². The van der Waals surface area contributed by atoms with Crippen molar-refractivity contribution in [2.75, 3.05) is 20.1 Å². The Morgan fingerprint density at radius 3 is 2.53 bits per heavy atom. The molecule has 0 radical (unpaired) electrons. The van der Waals surface area contributed by atoms with E-state index >= 15 is 0 Å². The molecule has 0 aromatic rings. The predicted molar refractivity (Wildman–Crippen MR) is 77.9 cm³/mol. The van der Waals surface area contributed by atoms with Crippen LogP contribution < -0.4 is 11.1 Å². The molecule has 110 valence electrons. The highest BCUT2D eigenvalue weighted by Crippen LogP contribution is 2.29. The normalized spacial score (nSPS) is 23.1. The van der Waals surface area contributed by atoms with Gasteiger partial charge in [-0.05, 0) is 52.1 Å². The van der Waals surface area contributed by atoms with E-state index in [2.05, 4.69) is 17.3 Å². The number of nitrogens with two attached hydrogens (primary N) is 1. The molecule has 3 N–H and O–H groups in total. The van der Waals surface area contributed by atoms with Crippen molar-refractivity contribution in [1.82, 2.24) is 10.2 Å². The molecule has 0 saturated heterocycles. The third-order valence-electron chi connectivity index (χ3n) is 4.87. The van der Waals surface area contributed by atoms with Crippen LogP contribution in [-0.4, -0.2) is 42.5 Å². The Labute approximate surface area is 117 Å². The maximum Gasteiger partial charge on any atom is 0.240 e. The summed E-state index contributed by atoms with van der Waals surface area (Å²) < 4.78 is 0. The minimum Gasteiger partial charge on any atom is -0.354 e. The molecule has 2 saturated carbocycles. The van der Waals surface area contributed by atoms with Crippen molar-refractivity contribution in [3.05, 3.63) is 0 Å². The fourth-order valence-corrected chi connectivity index (χ4v) is 3.20. The highest BCUT2D eigenvalue weighted by atomic mass is 16.2. The number of rotatable bonds is 6. The van der Waals surface area contributed by atoms with E-state index in [1.807, 2.05) is 0 Å². The number of hydrogen-bond acceptors (Lipinski definition) is 3. The van der Waals surface area contributed by atoms with Crippen molar-refractivity contribution in [2.45, 2.75) is 69.4 Å². The van der Waals surface area contributed by atoms with Crippen molar-refractivity contribution in [2.24, 2.45) is 5.73 Å². The molecule has 2 aliphatic carbocycles. The Kier molecular flexibility index (Phi) is 5.22. The molecule has 2 fully saturated rings. The van der Waals surface area contributed by atoms with E-state index in [0.29, 0.717) is 0 Å². The Balaban J connectivity index is 1.57. The van der Waals surface area contributed by atoms with E-state index in [9.17, 15) is 4.79 Å². The summed E-state index contributed by atoms with van der Waals surface area (Å²) in [5, 5.41) is 2.99. The highest BCUT2D eigenvalue weighted by molar-refractivity contribution is 5.86. The molecule has 0 heterocycles. The zero-order chi connectivity index (χ0) is 13.7. The largest absolute Gasteiger partial charge is 0.354 e. The molecular formula is C15H29N3O. The smallest absolute Gasteiger partial charge is 0.240 e. The second-order valence-electron chi connectivity index (χ2n) is 6.39. The molecule has 0 unspecified atom stereocenters. The maximum atomic E-state index is 11.8. The van der Waals surface area contributed by atoms with E-state index in [-0.39, 0.29) is 5.91 Å². The molecule has 0 aromatic heterocycles. The topological polar surface area (TPSA) is 58.4 Å². The van der Waals surface area contributed by atoms with Crippen LogP contribution in [0.5, 0.6) is 0 Å². The monoisotopic (exact) mass is 267 g/mol. The van der Waals surface area contributed by atoms with Gasteiger partial charge in [0.25, 0.3) is 0 Å². The van der Waals surface area contributed by atoms with Crippen LogP contribution in [0.25, 0.3) is 0 Å². The second-order valence-corrected chi connectivity index (χ2v) is 6.39. The standard InChI is InChI=1S/C15H29N3O/c1-18(13-7-3-2-4-8-13)12-6-11-17-14(19)15(16)9-5-10-15/h13H,2-12,16H2,1H3,(H,17,19). The van der Waals surface area contributed by atoms with Gasteiger partial charge in [0.05, 0.1) is 5.54 Å². The van der Waals surface area contributed by atoms with Gasteiger partial charge in [-0.25, -0.2) is 0 Å². The van der Waals surface area contributed by atoms with Gasteiger partial charge < -0.3 is 16.0 Å². The molecule has 4 nitrogen and oxygen atoms in total. The molecular weight excluding hydrogens is 238 g/mol. The number of nitrogens with one attached hydrogen (secondary N) is 1. The summed E-state index contributed by atoms with van der Waals surface area (Å²) in [7, 11) is 2.22. The van der Waals surface area contributed by atoms with Gasteiger partial charge >= 0.3 is 0 Å². The lowest BCUT2D eigenvalue weighted by atomic mass is 9.77. The first-order valence-corrected chi connectivity index (χ1v) is 7.89. The number of nitrogens with zero attached hydrogens (tertiary/aromatic N) is 1.